The molecule has 0 amide bonds. The predicted molar refractivity (Wildman–Crippen MR) is 71.9 cm³/mol. The second-order valence-electron chi connectivity index (χ2n) is 5.35. The lowest BCUT2D eigenvalue weighted by molar-refractivity contribution is -0.142. The summed E-state index contributed by atoms with van der Waals surface area (Å²) in [4.78, 5) is 13.3. The molecular formula is C14H20N2O2. The van der Waals surface area contributed by atoms with Gasteiger partial charge in [0.15, 0.2) is 0 Å². The quantitative estimate of drug-likeness (QED) is 0.856. The first kappa shape index (κ1) is 12.9. The Morgan fingerprint density at radius 2 is 2.11 bits per heavy atom. The van der Waals surface area contributed by atoms with Gasteiger partial charge in [-0.1, -0.05) is 32.0 Å². The molecule has 0 aromatic heterocycles. The Hall–Kier alpha value is -1.55. The molecule has 1 fully saturated rings. The van der Waals surface area contributed by atoms with Crippen LogP contribution in [0, 0.1) is 0 Å². The number of anilines is 1. The number of aliphatic carboxylic acids is 1. The molecule has 0 saturated carbocycles. The van der Waals surface area contributed by atoms with Crippen molar-refractivity contribution in [3.8, 4) is 0 Å². The van der Waals surface area contributed by atoms with Crippen LogP contribution in [0.3, 0.4) is 0 Å². The standard InChI is InChI=1S/C14H20N2O2/c1-10(2)11-5-3-4-6-12(11)16-8-7-14(15,9-16)13(17)18/h3-6,10H,7-9,15H2,1-2H3,(H,17,18). The summed E-state index contributed by atoms with van der Waals surface area (Å²) in [5, 5.41) is 9.16. The van der Waals surface area contributed by atoms with Gasteiger partial charge in [-0.15, -0.1) is 0 Å². The Kier molecular flexibility index (Phi) is 3.30. The molecule has 1 atom stereocenters. The van der Waals surface area contributed by atoms with Crippen molar-refractivity contribution in [2.75, 3.05) is 18.0 Å². The minimum Gasteiger partial charge on any atom is -0.480 e. The zero-order valence-corrected chi connectivity index (χ0v) is 10.9. The maximum absolute atomic E-state index is 11.2. The van der Waals surface area contributed by atoms with Gasteiger partial charge in [0.1, 0.15) is 5.54 Å². The lowest BCUT2D eigenvalue weighted by atomic mass is 9.99. The van der Waals surface area contributed by atoms with E-state index in [9.17, 15) is 4.79 Å². The summed E-state index contributed by atoms with van der Waals surface area (Å²) in [6, 6.07) is 8.14. The maximum atomic E-state index is 11.2. The summed E-state index contributed by atoms with van der Waals surface area (Å²) in [5.74, 6) is -0.495. The van der Waals surface area contributed by atoms with Crippen LogP contribution in [0.2, 0.25) is 0 Å². The molecule has 4 nitrogen and oxygen atoms in total. The van der Waals surface area contributed by atoms with Crippen molar-refractivity contribution in [2.24, 2.45) is 5.73 Å². The number of nitrogens with zero attached hydrogens (tertiary/aromatic N) is 1. The highest BCUT2D eigenvalue weighted by Gasteiger charge is 2.41. The van der Waals surface area contributed by atoms with Crippen molar-refractivity contribution in [3.05, 3.63) is 29.8 Å². The van der Waals surface area contributed by atoms with Crippen LogP contribution >= 0.6 is 0 Å². The second kappa shape index (κ2) is 4.61. The Labute approximate surface area is 107 Å². The molecule has 0 radical (unpaired) electrons. The van der Waals surface area contributed by atoms with Crippen LogP contribution in [0.1, 0.15) is 31.7 Å². The minimum absolute atomic E-state index is 0.381. The Morgan fingerprint density at radius 1 is 1.44 bits per heavy atom. The van der Waals surface area contributed by atoms with Gasteiger partial charge in [-0.3, -0.25) is 4.79 Å². The first-order chi connectivity index (χ1) is 8.44. The van der Waals surface area contributed by atoms with E-state index in [1.807, 2.05) is 18.2 Å². The molecule has 2 rings (SSSR count). The fraction of sp³-hybridized carbons (Fsp3) is 0.500. The molecule has 1 aromatic carbocycles. The van der Waals surface area contributed by atoms with Crippen LogP contribution < -0.4 is 10.6 Å². The molecule has 1 saturated heterocycles. The molecule has 18 heavy (non-hydrogen) atoms. The summed E-state index contributed by atoms with van der Waals surface area (Å²) < 4.78 is 0. The molecule has 1 unspecified atom stereocenters. The number of nitrogens with two attached hydrogens (primary N) is 1. The van der Waals surface area contributed by atoms with E-state index in [0.717, 1.165) is 5.69 Å². The molecule has 1 heterocycles. The maximum Gasteiger partial charge on any atom is 0.325 e. The number of carbonyl (C=O) groups is 1. The van der Waals surface area contributed by atoms with Crippen LogP contribution in [0.15, 0.2) is 24.3 Å². The molecule has 98 valence electrons. The predicted octanol–water partition coefficient (Wildman–Crippen LogP) is 1.80. The summed E-state index contributed by atoms with van der Waals surface area (Å²) in [6.45, 7) is 5.36. The van der Waals surface area contributed by atoms with Gasteiger partial charge < -0.3 is 15.7 Å². The third-order valence-corrected chi connectivity index (χ3v) is 3.63. The van der Waals surface area contributed by atoms with E-state index in [1.54, 1.807) is 0 Å². The Morgan fingerprint density at radius 3 is 2.67 bits per heavy atom. The van der Waals surface area contributed by atoms with E-state index in [-0.39, 0.29) is 0 Å². The van der Waals surface area contributed by atoms with Crippen molar-refractivity contribution in [2.45, 2.75) is 31.7 Å². The molecule has 3 N–H and O–H groups in total. The minimum atomic E-state index is -1.11. The molecule has 4 heteroatoms. The third kappa shape index (κ3) is 2.20. The van der Waals surface area contributed by atoms with Crippen LogP contribution in [0.5, 0.6) is 0 Å². The van der Waals surface area contributed by atoms with Gasteiger partial charge in [0, 0.05) is 18.8 Å². The average Bonchev–Trinajstić information content (AvgIpc) is 2.73. The SMILES string of the molecule is CC(C)c1ccccc1N1CCC(N)(C(=O)O)C1. The average molecular weight is 248 g/mol. The largest absolute Gasteiger partial charge is 0.480 e. The lowest BCUT2D eigenvalue weighted by Gasteiger charge is -2.25. The van der Waals surface area contributed by atoms with Gasteiger partial charge in [-0.25, -0.2) is 0 Å². The normalized spacial score (nSPS) is 23.7. The first-order valence-corrected chi connectivity index (χ1v) is 6.30. The lowest BCUT2D eigenvalue weighted by Crippen LogP contribution is -2.50. The number of carboxylic acid groups (broad SMARTS) is 1. The molecule has 0 bridgehead atoms. The Bertz CT molecular complexity index is 459. The van der Waals surface area contributed by atoms with Crippen molar-refractivity contribution in [3.63, 3.8) is 0 Å². The molecular weight excluding hydrogens is 228 g/mol. The van der Waals surface area contributed by atoms with Crippen LogP contribution in [-0.2, 0) is 4.79 Å². The number of hydrogen-bond donors (Lipinski definition) is 2. The summed E-state index contributed by atoms with van der Waals surface area (Å²) >= 11 is 0. The second-order valence-corrected chi connectivity index (χ2v) is 5.35. The van der Waals surface area contributed by atoms with Crippen LogP contribution in [0.4, 0.5) is 5.69 Å². The fourth-order valence-corrected chi connectivity index (χ4v) is 2.48. The zero-order chi connectivity index (χ0) is 13.3. The number of hydrogen-bond acceptors (Lipinski definition) is 3. The van der Waals surface area contributed by atoms with Crippen molar-refractivity contribution in [1.29, 1.82) is 0 Å². The smallest absolute Gasteiger partial charge is 0.325 e. The van der Waals surface area contributed by atoms with E-state index in [0.29, 0.717) is 25.4 Å². The third-order valence-electron chi connectivity index (χ3n) is 3.63. The summed E-state index contributed by atoms with van der Waals surface area (Å²) in [6.07, 6.45) is 0.495. The summed E-state index contributed by atoms with van der Waals surface area (Å²) in [7, 11) is 0. The topological polar surface area (TPSA) is 66.6 Å². The fourth-order valence-electron chi connectivity index (χ4n) is 2.48. The van der Waals surface area contributed by atoms with Gasteiger partial charge in [0.05, 0.1) is 0 Å². The highest BCUT2D eigenvalue weighted by molar-refractivity contribution is 5.81. The van der Waals surface area contributed by atoms with E-state index in [1.165, 1.54) is 5.56 Å². The highest BCUT2D eigenvalue weighted by atomic mass is 16.4. The van der Waals surface area contributed by atoms with E-state index < -0.39 is 11.5 Å². The van der Waals surface area contributed by atoms with E-state index in [2.05, 4.69) is 24.8 Å². The van der Waals surface area contributed by atoms with Gasteiger partial charge in [-0.05, 0) is 24.0 Å². The highest BCUT2D eigenvalue weighted by Crippen LogP contribution is 2.31. The number of para-hydroxylation sites is 1. The number of rotatable bonds is 3. The van der Waals surface area contributed by atoms with Gasteiger partial charge in [-0.2, -0.15) is 0 Å². The molecule has 0 aliphatic carbocycles. The number of carboxylic acids is 1. The van der Waals surface area contributed by atoms with E-state index in [4.69, 9.17) is 10.8 Å². The summed E-state index contributed by atoms with van der Waals surface area (Å²) in [5.41, 5.74) is 7.16. The number of benzene rings is 1. The van der Waals surface area contributed by atoms with Crippen molar-refractivity contribution >= 4 is 11.7 Å². The van der Waals surface area contributed by atoms with Crippen LogP contribution in [-0.4, -0.2) is 29.7 Å². The Balaban J connectivity index is 2.27. The van der Waals surface area contributed by atoms with Crippen molar-refractivity contribution in [1.82, 2.24) is 0 Å². The molecule has 1 aliphatic rings. The molecule has 1 aromatic rings. The first-order valence-electron chi connectivity index (χ1n) is 6.30. The molecule has 1 aliphatic heterocycles. The van der Waals surface area contributed by atoms with Gasteiger partial charge in [0.2, 0.25) is 0 Å². The van der Waals surface area contributed by atoms with Crippen LogP contribution in [0.25, 0.3) is 0 Å². The monoisotopic (exact) mass is 248 g/mol. The van der Waals surface area contributed by atoms with Gasteiger partial charge >= 0.3 is 5.97 Å². The zero-order valence-electron chi connectivity index (χ0n) is 10.9. The van der Waals surface area contributed by atoms with E-state index >= 15 is 0 Å². The molecule has 0 spiro atoms. The van der Waals surface area contributed by atoms with Crippen molar-refractivity contribution < 1.29 is 9.90 Å². The van der Waals surface area contributed by atoms with Gasteiger partial charge in [0.25, 0.3) is 0 Å².